The molecule has 1 aliphatic heterocycles. The molecule has 0 atom stereocenters. The van der Waals surface area contributed by atoms with E-state index < -0.39 is 5.60 Å². The average Bonchev–Trinajstić information content (AvgIpc) is 2.58. The Bertz CT molecular complexity index is 604. The van der Waals surface area contributed by atoms with Gasteiger partial charge in [-0.05, 0) is 32.9 Å². The van der Waals surface area contributed by atoms with Gasteiger partial charge in [0, 0.05) is 26.2 Å². The molecule has 0 unspecified atom stereocenters. The maximum Gasteiger partial charge on any atom is 0.410 e. The maximum absolute atomic E-state index is 12.3. The highest BCUT2D eigenvalue weighted by Gasteiger charge is 2.27. The fraction of sp³-hybridized carbons (Fsp3) is 0.556. The minimum Gasteiger partial charge on any atom is -0.493 e. The minimum atomic E-state index is -0.521. The first-order valence-corrected chi connectivity index (χ1v) is 8.31. The summed E-state index contributed by atoms with van der Waals surface area (Å²) in [6.07, 6.45) is -0.343. The van der Waals surface area contributed by atoms with Crippen molar-refractivity contribution in [1.82, 2.24) is 9.80 Å². The summed E-state index contributed by atoms with van der Waals surface area (Å²) in [5.41, 5.74) is -0.521. The summed E-state index contributed by atoms with van der Waals surface area (Å²) in [5, 5.41) is 0. The Morgan fingerprint density at radius 1 is 1.00 bits per heavy atom. The molecule has 0 aliphatic carbocycles. The zero-order chi connectivity index (χ0) is 18.4. The molecule has 0 N–H and O–H groups in total. The lowest BCUT2D eigenvalue weighted by atomic mass is 10.2. The van der Waals surface area contributed by atoms with E-state index in [0.29, 0.717) is 37.7 Å². The number of hydrogen-bond acceptors (Lipinski definition) is 5. The molecule has 0 spiro atoms. The monoisotopic (exact) mass is 350 g/mol. The molecular formula is C18H26N2O5. The predicted octanol–water partition coefficient (Wildman–Crippen LogP) is 2.15. The molecule has 0 radical (unpaired) electrons. The Balaban J connectivity index is 1.80. The van der Waals surface area contributed by atoms with Crippen molar-refractivity contribution in [1.29, 1.82) is 0 Å². The third kappa shape index (κ3) is 5.55. The van der Waals surface area contributed by atoms with E-state index in [0.717, 1.165) is 0 Å². The van der Waals surface area contributed by atoms with Gasteiger partial charge in [0.15, 0.2) is 18.1 Å². The lowest BCUT2D eigenvalue weighted by molar-refractivity contribution is -0.135. The minimum absolute atomic E-state index is 0.0627. The molecule has 1 aliphatic rings. The number of carbonyl (C=O) groups is 2. The van der Waals surface area contributed by atoms with Crippen LogP contribution in [0, 0.1) is 0 Å². The number of nitrogens with zero attached hydrogens (tertiary/aromatic N) is 2. The van der Waals surface area contributed by atoms with Gasteiger partial charge in [-0.2, -0.15) is 0 Å². The van der Waals surface area contributed by atoms with Crippen LogP contribution in [-0.2, 0) is 9.53 Å². The molecule has 1 heterocycles. The Hall–Kier alpha value is -2.44. The van der Waals surface area contributed by atoms with E-state index in [4.69, 9.17) is 14.2 Å². The summed E-state index contributed by atoms with van der Waals surface area (Å²) in [6.45, 7) is 7.28. The Morgan fingerprint density at radius 2 is 1.56 bits per heavy atom. The Morgan fingerprint density at radius 3 is 2.12 bits per heavy atom. The fourth-order valence-electron chi connectivity index (χ4n) is 2.43. The van der Waals surface area contributed by atoms with Crippen LogP contribution in [0.1, 0.15) is 20.8 Å². The van der Waals surface area contributed by atoms with Crippen LogP contribution in [0.4, 0.5) is 4.79 Å². The normalized spacial score (nSPS) is 14.9. The van der Waals surface area contributed by atoms with Crippen molar-refractivity contribution in [2.24, 2.45) is 0 Å². The van der Waals surface area contributed by atoms with Gasteiger partial charge in [0.2, 0.25) is 0 Å². The molecule has 0 bridgehead atoms. The van der Waals surface area contributed by atoms with E-state index in [1.165, 1.54) is 0 Å². The van der Waals surface area contributed by atoms with Gasteiger partial charge in [-0.15, -0.1) is 0 Å². The fourth-order valence-corrected chi connectivity index (χ4v) is 2.43. The number of carbonyl (C=O) groups excluding carboxylic acids is 2. The Kier molecular flexibility index (Phi) is 6.12. The van der Waals surface area contributed by atoms with Crippen molar-refractivity contribution in [3.05, 3.63) is 24.3 Å². The van der Waals surface area contributed by atoms with E-state index in [-0.39, 0.29) is 18.6 Å². The highest BCUT2D eigenvalue weighted by atomic mass is 16.6. The first-order valence-electron chi connectivity index (χ1n) is 8.31. The predicted molar refractivity (Wildman–Crippen MR) is 92.9 cm³/mol. The number of amides is 2. The van der Waals surface area contributed by atoms with Crippen LogP contribution >= 0.6 is 0 Å². The standard InChI is InChI=1S/C18H26N2O5/c1-18(2,3)25-17(22)20-11-9-19(10-12-20)16(21)13-24-15-8-6-5-7-14(15)23-4/h5-8H,9-13H2,1-4H3. The third-order valence-electron chi connectivity index (χ3n) is 3.70. The number of hydrogen-bond donors (Lipinski definition) is 0. The van der Waals surface area contributed by atoms with Gasteiger partial charge in [0.25, 0.3) is 5.91 Å². The van der Waals surface area contributed by atoms with Crippen LogP contribution in [0.2, 0.25) is 0 Å². The van der Waals surface area contributed by atoms with Gasteiger partial charge >= 0.3 is 6.09 Å². The average molecular weight is 350 g/mol. The number of para-hydroxylation sites is 2. The van der Waals surface area contributed by atoms with Gasteiger partial charge in [0.1, 0.15) is 5.60 Å². The van der Waals surface area contributed by atoms with E-state index in [9.17, 15) is 9.59 Å². The molecule has 1 fully saturated rings. The molecule has 7 heteroatoms. The second-order valence-corrected chi connectivity index (χ2v) is 6.79. The molecule has 7 nitrogen and oxygen atoms in total. The molecule has 1 aromatic carbocycles. The second kappa shape index (κ2) is 8.09. The summed E-state index contributed by atoms with van der Waals surface area (Å²) in [7, 11) is 1.56. The topological polar surface area (TPSA) is 68.3 Å². The van der Waals surface area contributed by atoms with E-state index in [2.05, 4.69) is 0 Å². The van der Waals surface area contributed by atoms with Crippen LogP contribution < -0.4 is 9.47 Å². The van der Waals surface area contributed by atoms with E-state index >= 15 is 0 Å². The Labute approximate surface area is 148 Å². The first kappa shape index (κ1) is 18.9. The summed E-state index contributed by atoms with van der Waals surface area (Å²) in [5.74, 6) is 1.01. The molecule has 0 saturated carbocycles. The number of ether oxygens (including phenoxy) is 3. The largest absolute Gasteiger partial charge is 0.493 e. The first-order chi connectivity index (χ1) is 11.8. The summed E-state index contributed by atoms with van der Waals surface area (Å²) < 4.78 is 16.1. The maximum atomic E-state index is 12.3. The van der Waals surface area contributed by atoms with Gasteiger partial charge in [-0.25, -0.2) is 4.79 Å². The van der Waals surface area contributed by atoms with Gasteiger partial charge in [0.05, 0.1) is 7.11 Å². The summed E-state index contributed by atoms with van der Waals surface area (Å²) in [6, 6.07) is 7.19. The van der Waals surface area contributed by atoms with Crippen LogP contribution in [0.25, 0.3) is 0 Å². The number of rotatable bonds is 4. The van der Waals surface area contributed by atoms with Gasteiger partial charge < -0.3 is 24.0 Å². The van der Waals surface area contributed by atoms with Crippen LogP contribution in [0.5, 0.6) is 11.5 Å². The van der Waals surface area contributed by atoms with Gasteiger partial charge in [-0.3, -0.25) is 4.79 Å². The summed E-state index contributed by atoms with van der Waals surface area (Å²) in [4.78, 5) is 27.6. The quantitative estimate of drug-likeness (QED) is 0.832. The van der Waals surface area contributed by atoms with Crippen molar-refractivity contribution >= 4 is 12.0 Å². The lowest BCUT2D eigenvalue weighted by Crippen LogP contribution is -2.52. The SMILES string of the molecule is COc1ccccc1OCC(=O)N1CCN(C(=O)OC(C)(C)C)CC1. The molecule has 2 amide bonds. The van der Waals surface area contributed by atoms with Crippen molar-refractivity contribution in [2.75, 3.05) is 39.9 Å². The van der Waals surface area contributed by atoms with Crippen molar-refractivity contribution in [3.63, 3.8) is 0 Å². The van der Waals surface area contributed by atoms with Crippen molar-refractivity contribution in [2.45, 2.75) is 26.4 Å². The van der Waals surface area contributed by atoms with E-state index in [1.54, 1.807) is 29.0 Å². The lowest BCUT2D eigenvalue weighted by Gasteiger charge is -2.35. The van der Waals surface area contributed by atoms with Gasteiger partial charge in [-0.1, -0.05) is 12.1 Å². The number of piperazine rings is 1. The second-order valence-electron chi connectivity index (χ2n) is 6.79. The molecule has 1 aromatic rings. The third-order valence-corrected chi connectivity index (χ3v) is 3.70. The molecule has 25 heavy (non-hydrogen) atoms. The number of methoxy groups -OCH3 is 1. The van der Waals surface area contributed by atoms with E-state index in [1.807, 2.05) is 32.9 Å². The molecule has 138 valence electrons. The molecular weight excluding hydrogens is 324 g/mol. The van der Waals surface area contributed by atoms with Crippen molar-refractivity contribution in [3.8, 4) is 11.5 Å². The highest BCUT2D eigenvalue weighted by molar-refractivity contribution is 5.78. The van der Waals surface area contributed by atoms with Crippen molar-refractivity contribution < 1.29 is 23.8 Å². The van der Waals surface area contributed by atoms with Crippen LogP contribution in [0.15, 0.2) is 24.3 Å². The van der Waals surface area contributed by atoms with Crippen LogP contribution in [-0.4, -0.2) is 67.3 Å². The zero-order valence-electron chi connectivity index (χ0n) is 15.3. The number of benzene rings is 1. The molecule has 0 aromatic heterocycles. The highest BCUT2D eigenvalue weighted by Crippen LogP contribution is 2.25. The van der Waals surface area contributed by atoms with Crippen LogP contribution in [0.3, 0.4) is 0 Å². The molecule has 1 saturated heterocycles. The smallest absolute Gasteiger partial charge is 0.410 e. The zero-order valence-corrected chi connectivity index (χ0v) is 15.3. The molecule has 2 rings (SSSR count). The summed E-state index contributed by atoms with van der Waals surface area (Å²) >= 11 is 0.